The second kappa shape index (κ2) is 7.97. The zero-order valence-corrected chi connectivity index (χ0v) is 18.3. The minimum Gasteiger partial charge on any atom is -0.396 e. The van der Waals surface area contributed by atoms with Crippen LogP contribution in [0.5, 0.6) is 0 Å². The summed E-state index contributed by atoms with van der Waals surface area (Å²) in [5.74, 6) is 0. The molecule has 0 radical (unpaired) electrons. The van der Waals surface area contributed by atoms with Gasteiger partial charge in [-0.15, -0.1) is 0 Å². The summed E-state index contributed by atoms with van der Waals surface area (Å²) in [6.45, 7) is 0.403. The Hall–Kier alpha value is -2.92. The maximum absolute atomic E-state index is 13.0. The molecule has 0 spiro atoms. The van der Waals surface area contributed by atoms with Gasteiger partial charge in [-0.3, -0.25) is 4.79 Å². The third-order valence-electron chi connectivity index (χ3n) is 5.03. The van der Waals surface area contributed by atoms with E-state index >= 15 is 0 Å². The molecule has 2 aromatic carbocycles. The van der Waals surface area contributed by atoms with Gasteiger partial charge in [0.15, 0.2) is 5.69 Å². The van der Waals surface area contributed by atoms with E-state index in [0.717, 1.165) is 4.31 Å². The molecule has 0 aliphatic heterocycles. The maximum Gasteiger partial charge on any atom is 0.276 e. The van der Waals surface area contributed by atoms with Gasteiger partial charge in [0.2, 0.25) is 10.0 Å². The Labute approximate surface area is 182 Å². The first-order valence-electron chi connectivity index (χ1n) is 9.29. The van der Waals surface area contributed by atoms with Crippen LogP contribution < -0.4 is 11.3 Å². The maximum atomic E-state index is 13.0. The van der Waals surface area contributed by atoms with Gasteiger partial charge in [0.05, 0.1) is 34.0 Å². The summed E-state index contributed by atoms with van der Waals surface area (Å²) >= 11 is 6.30. The van der Waals surface area contributed by atoms with Crippen LogP contribution in [0.15, 0.2) is 46.1 Å². The molecule has 0 unspecified atom stereocenters. The number of nitrogens with zero attached hydrogens (tertiary/aromatic N) is 2. The molecule has 9 nitrogen and oxygen atoms in total. The smallest absolute Gasteiger partial charge is 0.276 e. The molecule has 0 aliphatic carbocycles. The number of aromatic nitrogens is 3. The Morgan fingerprint density at radius 2 is 1.94 bits per heavy atom. The van der Waals surface area contributed by atoms with E-state index in [-0.39, 0.29) is 34.5 Å². The van der Waals surface area contributed by atoms with Crippen molar-refractivity contribution >= 4 is 49.2 Å². The summed E-state index contributed by atoms with van der Waals surface area (Å²) in [6, 6.07) is 10.0. The van der Waals surface area contributed by atoms with Crippen LogP contribution in [0.25, 0.3) is 33.3 Å². The van der Waals surface area contributed by atoms with Gasteiger partial charge in [-0.05, 0) is 24.3 Å². The Morgan fingerprint density at radius 3 is 2.68 bits per heavy atom. The van der Waals surface area contributed by atoms with Crippen LogP contribution in [0.2, 0.25) is 5.02 Å². The van der Waals surface area contributed by atoms with Crippen LogP contribution in [-0.4, -0.2) is 55.0 Å². The largest absolute Gasteiger partial charge is 0.396 e. The zero-order valence-electron chi connectivity index (χ0n) is 16.8. The first-order valence-corrected chi connectivity index (χ1v) is 11.1. The lowest BCUT2D eigenvalue weighted by Gasteiger charge is -2.17. The summed E-state index contributed by atoms with van der Waals surface area (Å²) < 4.78 is 32.0. The lowest BCUT2D eigenvalue weighted by Crippen LogP contribution is -2.30. The third kappa shape index (κ3) is 3.68. The molecule has 0 saturated carbocycles. The van der Waals surface area contributed by atoms with E-state index in [1.165, 1.54) is 26.3 Å². The first kappa shape index (κ1) is 21.3. The summed E-state index contributed by atoms with van der Waals surface area (Å²) in [7, 11) is -0.940. The lowest BCUT2D eigenvalue weighted by atomic mass is 10.2. The number of sulfonamides is 1. The number of para-hydroxylation sites is 2. The van der Waals surface area contributed by atoms with Gasteiger partial charge in [-0.2, -0.15) is 4.31 Å². The molecule has 31 heavy (non-hydrogen) atoms. The van der Waals surface area contributed by atoms with Crippen LogP contribution in [0.4, 0.5) is 5.69 Å². The molecule has 0 atom stereocenters. The predicted molar refractivity (Wildman–Crippen MR) is 121 cm³/mol. The minimum atomic E-state index is -3.87. The summed E-state index contributed by atoms with van der Waals surface area (Å²) in [6.07, 6.45) is 0. The number of hydrogen-bond donors (Lipinski definition) is 3. The number of methoxy groups -OCH3 is 1. The standard InChI is InChI=1S/C20H20ClN5O4S/c1-26(7-8-30-2)31(28,29)16-9-11-15(10-12(16)21)24-18(17(11)22)19-20(27)25-14-6-4-3-5-13(14)23-19/h3-6,9-10,24H,7-8,22H2,1-2H3,(H,25,27). The zero-order chi connectivity index (χ0) is 22.3. The Morgan fingerprint density at radius 1 is 1.19 bits per heavy atom. The number of nitrogens with two attached hydrogens (primary N) is 1. The molecule has 0 fully saturated rings. The number of benzene rings is 2. The highest BCUT2D eigenvalue weighted by atomic mass is 35.5. The van der Waals surface area contributed by atoms with Gasteiger partial charge >= 0.3 is 0 Å². The van der Waals surface area contributed by atoms with Crippen molar-refractivity contribution in [3.05, 3.63) is 51.8 Å². The lowest BCUT2D eigenvalue weighted by molar-refractivity contribution is 0.185. The third-order valence-corrected chi connectivity index (χ3v) is 7.35. The van der Waals surface area contributed by atoms with Crippen molar-refractivity contribution in [2.24, 2.45) is 0 Å². The van der Waals surface area contributed by atoms with Gasteiger partial charge in [0.25, 0.3) is 5.56 Å². The number of anilines is 1. The molecule has 2 aromatic heterocycles. The molecule has 2 heterocycles. The number of H-pyrrole nitrogens is 2. The van der Waals surface area contributed by atoms with E-state index in [4.69, 9.17) is 22.1 Å². The molecule has 11 heteroatoms. The Kier molecular flexibility index (Phi) is 5.48. The van der Waals surface area contributed by atoms with Crippen molar-refractivity contribution in [2.45, 2.75) is 4.90 Å². The highest BCUT2D eigenvalue weighted by Gasteiger charge is 2.26. The average molecular weight is 462 g/mol. The molecule has 0 amide bonds. The number of ether oxygens (including phenoxy) is 1. The fourth-order valence-electron chi connectivity index (χ4n) is 3.31. The summed E-state index contributed by atoms with van der Waals surface area (Å²) in [5.41, 5.74) is 8.17. The van der Waals surface area contributed by atoms with Crippen molar-refractivity contribution in [1.29, 1.82) is 0 Å². The topological polar surface area (TPSA) is 134 Å². The SMILES string of the molecule is COCCN(C)S(=O)(=O)c1cc2c(N)c(-c3nc4ccccc4[nH]c3=O)[nH]c2cc1Cl. The van der Waals surface area contributed by atoms with Crippen LogP contribution in [0.1, 0.15) is 0 Å². The molecular formula is C20H20ClN5O4S. The highest BCUT2D eigenvalue weighted by molar-refractivity contribution is 7.89. The van der Waals surface area contributed by atoms with Crippen LogP contribution >= 0.6 is 11.6 Å². The van der Waals surface area contributed by atoms with Crippen molar-refractivity contribution in [2.75, 3.05) is 33.0 Å². The first-order chi connectivity index (χ1) is 14.7. The molecule has 4 aromatic rings. The molecule has 4 N–H and O–H groups in total. The summed E-state index contributed by atoms with van der Waals surface area (Å²) in [5, 5.41) is 0.456. The summed E-state index contributed by atoms with van der Waals surface area (Å²) in [4.78, 5) is 22.8. The van der Waals surface area contributed by atoms with Crippen LogP contribution in [-0.2, 0) is 14.8 Å². The van der Waals surface area contributed by atoms with Crippen molar-refractivity contribution < 1.29 is 13.2 Å². The fraction of sp³-hybridized carbons (Fsp3) is 0.200. The second-order valence-corrected chi connectivity index (χ2v) is 9.41. The van der Waals surface area contributed by atoms with E-state index in [0.29, 0.717) is 27.6 Å². The number of nitrogen functional groups attached to an aromatic ring is 1. The molecule has 0 saturated heterocycles. The fourth-order valence-corrected chi connectivity index (χ4v) is 4.99. The number of aromatic amines is 2. The molecule has 0 bridgehead atoms. The van der Waals surface area contributed by atoms with Crippen molar-refractivity contribution in [1.82, 2.24) is 19.3 Å². The highest BCUT2D eigenvalue weighted by Crippen LogP contribution is 2.36. The molecular weight excluding hydrogens is 442 g/mol. The number of likely N-dealkylation sites (N-methyl/N-ethyl adjacent to an activating group) is 1. The second-order valence-electron chi connectivity index (χ2n) is 6.99. The average Bonchev–Trinajstić information content (AvgIpc) is 3.05. The number of hydrogen-bond acceptors (Lipinski definition) is 6. The van der Waals surface area contributed by atoms with Gasteiger partial charge in [-0.25, -0.2) is 13.4 Å². The monoisotopic (exact) mass is 461 g/mol. The minimum absolute atomic E-state index is 0.0324. The Bertz CT molecular complexity index is 1460. The van der Waals surface area contributed by atoms with E-state index in [2.05, 4.69) is 15.0 Å². The van der Waals surface area contributed by atoms with Crippen molar-refractivity contribution in [3.63, 3.8) is 0 Å². The molecule has 4 rings (SSSR count). The van der Waals surface area contributed by atoms with E-state index in [1.54, 1.807) is 18.2 Å². The molecule has 162 valence electrons. The van der Waals surface area contributed by atoms with E-state index < -0.39 is 15.6 Å². The quantitative estimate of drug-likeness (QED) is 0.404. The number of fused-ring (bicyclic) bond motifs is 2. The van der Waals surface area contributed by atoms with Gasteiger partial charge < -0.3 is 20.4 Å². The molecule has 0 aliphatic rings. The normalized spacial score (nSPS) is 12.3. The number of halogens is 1. The Balaban J connectivity index is 1.88. The van der Waals surface area contributed by atoms with Crippen LogP contribution in [0.3, 0.4) is 0 Å². The predicted octanol–water partition coefficient (Wildman–Crippen LogP) is 2.57. The van der Waals surface area contributed by atoms with Gasteiger partial charge in [0.1, 0.15) is 4.90 Å². The van der Waals surface area contributed by atoms with Gasteiger partial charge in [-0.1, -0.05) is 23.7 Å². The van der Waals surface area contributed by atoms with Gasteiger partial charge in [0, 0.05) is 31.6 Å². The number of nitrogens with one attached hydrogen (secondary N) is 2. The van der Waals surface area contributed by atoms with Crippen LogP contribution in [0, 0.1) is 0 Å². The van der Waals surface area contributed by atoms with E-state index in [9.17, 15) is 13.2 Å². The van der Waals surface area contributed by atoms with E-state index in [1.807, 2.05) is 6.07 Å². The van der Waals surface area contributed by atoms with Crippen molar-refractivity contribution in [3.8, 4) is 11.4 Å². The number of rotatable bonds is 6.